The van der Waals surface area contributed by atoms with Crippen LogP contribution in [0, 0.1) is 0 Å². The molecule has 1 aromatic rings. The van der Waals surface area contributed by atoms with Gasteiger partial charge in [-0.3, -0.25) is 9.59 Å². The van der Waals surface area contributed by atoms with Gasteiger partial charge in [-0.25, -0.2) is 0 Å². The summed E-state index contributed by atoms with van der Waals surface area (Å²) in [6.45, 7) is 9.27. The second kappa shape index (κ2) is 7.18. The van der Waals surface area contributed by atoms with E-state index in [0.29, 0.717) is 18.4 Å². The molecule has 1 N–H and O–H groups in total. The first-order valence-electron chi connectivity index (χ1n) is 7.74. The van der Waals surface area contributed by atoms with Gasteiger partial charge in [0.05, 0.1) is 0 Å². The van der Waals surface area contributed by atoms with E-state index in [1.807, 2.05) is 6.07 Å². The highest BCUT2D eigenvalue weighted by Gasteiger charge is 2.24. The normalized spacial score (nSPS) is 15.0. The number of carbonyl (C=O) groups is 2. The summed E-state index contributed by atoms with van der Waals surface area (Å²) >= 11 is 1.28. The van der Waals surface area contributed by atoms with Crippen LogP contribution in [0.25, 0.3) is 0 Å². The van der Waals surface area contributed by atoms with Gasteiger partial charge in [-0.15, -0.1) is 0 Å². The summed E-state index contributed by atoms with van der Waals surface area (Å²) in [6.07, 6.45) is 0. The van der Waals surface area contributed by atoms with Crippen LogP contribution in [-0.4, -0.2) is 34.9 Å². The van der Waals surface area contributed by atoms with Gasteiger partial charge in [0.2, 0.25) is 5.91 Å². The lowest BCUT2D eigenvalue weighted by molar-refractivity contribution is -0.116. The Labute approximate surface area is 136 Å². The van der Waals surface area contributed by atoms with Crippen LogP contribution in [0.1, 0.15) is 50.7 Å². The zero-order valence-corrected chi connectivity index (χ0v) is 14.5. The Bertz CT molecular complexity index is 544. The molecule has 1 heterocycles. The van der Waals surface area contributed by atoms with Crippen LogP contribution >= 0.6 is 11.8 Å². The maximum absolute atomic E-state index is 12.3. The molecule has 1 saturated heterocycles. The van der Waals surface area contributed by atoms with E-state index >= 15 is 0 Å². The van der Waals surface area contributed by atoms with Gasteiger partial charge in [-0.2, -0.15) is 0 Å². The molecule has 1 aliphatic rings. The van der Waals surface area contributed by atoms with Crippen molar-refractivity contribution in [2.24, 2.45) is 0 Å². The number of hydrogen-bond donors (Lipinski definition) is 1. The van der Waals surface area contributed by atoms with Crippen LogP contribution in [0.4, 0.5) is 10.5 Å². The van der Waals surface area contributed by atoms with E-state index in [0.717, 1.165) is 22.6 Å². The SMILES string of the molecule is CC(C)c1cccc(C(C)C)c1NC(=O)CN1CCSC1=O. The van der Waals surface area contributed by atoms with Crippen molar-refractivity contribution in [2.75, 3.05) is 24.2 Å². The largest absolute Gasteiger partial charge is 0.324 e. The Kier molecular flexibility index (Phi) is 5.51. The van der Waals surface area contributed by atoms with Crippen LogP contribution in [0.2, 0.25) is 0 Å². The van der Waals surface area contributed by atoms with Crippen LogP contribution < -0.4 is 5.32 Å². The molecule has 120 valence electrons. The number of thioether (sulfide) groups is 1. The zero-order valence-electron chi connectivity index (χ0n) is 13.7. The molecule has 0 atom stereocenters. The fourth-order valence-electron chi connectivity index (χ4n) is 2.62. The minimum absolute atomic E-state index is 0.00335. The van der Waals surface area contributed by atoms with Crippen LogP contribution in [0.5, 0.6) is 0 Å². The zero-order chi connectivity index (χ0) is 16.3. The van der Waals surface area contributed by atoms with Gasteiger partial charge in [0, 0.05) is 18.0 Å². The smallest absolute Gasteiger partial charge is 0.282 e. The van der Waals surface area contributed by atoms with Crippen LogP contribution in [-0.2, 0) is 4.79 Å². The van der Waals surface area contributed by atoms with Crippen molar-refractivity contribution in [3.8, 4) is 0 Å². The molecule has 0 spiro atoms. The van der Waals surface area contributed by atoms with Crippen molar-refractivity contribution < 1.29 is 9.59 Å². The van der Waals surface area contributed by atoms with Gasteiger partial charge in [-0.1, -0.05) is 57.7 Å². The van der Waals surface area contributed by atoms with E-state index in [9.17, 15) is 9.59 Å². The fraction of sp³-hybridized carbons (Fsp3) is 0.529. The summed E-state index contributed by atoms with van der Waals surface area (Å²) in [4.78, 5) is 25.6. The van der Waals surface area contributed by atoms with E-state index in [2.05, 4.69) is 45.1 Å². The molecule has 1 fully saturated rings. The van der Waals surface area contributed by atoms with Crippen molar-refractivity contribution in [1.82, 2.24) is 4.90 Å². The van der Waals surface area contributed by atoms with E-state index in [1.165, 1.54) is 11.8 Å². The molecule has 2 rings (SSSR count). The molecule has 0 radical (unpaired) electrons. The minimum Gasteiger partial charge on any atom is -0.324 e. The highest BCUT2D eigenvalue weighted by molar-refractivity contribution is 8.13. The third-order valence-electron chi connectivity index (χ3n) is 3.82. The molecule has 0 saturated carbocycles. The Morgan fingerprint density at radius 2 is 1.82 bits per heavy atom. The molecule has 1 aromatic carbocycles. The number of hydrogen-bond acceptors (Lipinski definition) is 3. The summed E-state index contributed by atoms with van der Waals surface area (Å²) in [7, 11) is 0. The first-order valence-corrected chi connectivity index (χ1v) is 8.73. The Balaban J connectivity index is 2.20. The molecule has 22 heavy (non-hydrogen) atoms. The molecule has 0 aromatic heterocycles. The molecule has 0 aliphatic carbocycles. The molecule has 0 bridgehead atoms. The monoisotopic (exact) mass is 320 g/mol. The Hall–Kier alpha value is -1.49. The number of benzene rings is 1. The average Bonchev–Trinajstić information content (AvgIpc) is 2.83. The molecule has 2 amide bonds. The number of amides is 2. The lowest BCUT2D eigenvalue weighted by Gasteiger charge is -2.21. The summed E-state index contributed by atoms with van der Waals surface area (Å²) in [5, 5.41) is 3.04. The summed E-state index contributed by atoms with van der Waals surface area (Å²) in [5.41, 5.74) is 3.19. The second-order valence-electron chi connectivity index (χ2n) is 6.20. The molecule has 1 aliphatic heterocycles. The van der Waals surface area contributed by atoms with Crippen molar-refractivity contribution in [2.45, 2.75) is 39.5 Å². The average molecular weight is 320 g/mol. The summed E-state index contributed by atoms with van der Waals surface area (Å²) in [5.74, 6) is 1.31. The van der Waals surface area contributed by atoms with E-state index in [4.69, 9.17) is 0 Å². The first kappa shape index (κ1) is 16.9. The quantitative estimate of drug-likeness (QED) is 0.890. The number of rotatable bonds is 5. The van der Waals surface area contributed by atoms with Crippen molar-refractivity contribution in [3.05, 3.63) is 29.3 Å². The predicted octanol–water partition coefficient (Wildman–Crippen LogP) is 4.04. The number of nitrogens with zero attached hydrogens (tertiary/aromatic N) is 1. The van der Waals surface area contributed by atoms with Crippen molar-refractivity contribution in [1.29, 1.82) is 0 Å². The fourth-order valence-corrected chi connectivity index (χ4v) is 3.44. The number of nitrogens with one attached hydrogen (secondary N) is 1. The molecular weight excluding hydrogens is 296 g/mol. The Morgan fingerprint density at radius 1 is 1.23 bits per heavy atom. The highest BCUT2D eigenvalue weighted by Crippen LogP contribution is 2.32. The van der Waals surface area contributed by atoms with Gasteiger partial charge in [0.25, 0.3) is 5.24 Å². The predicted molar refractivity (Wildman–Crippen MR) is 92.7 cm³/mol. The topological polar surface area (TPSA) is 49.4 Å². The van der Waals surface area contributed by atoms with Crippen molar-refractivity contribution in [3.63, 3.8) is 0 Å². The van der Waals surface area contributed by atoms with Gasteiger partial charge < -0.3 is 10.2 Å². The number of carbonyl (C=O) groups excluding carboxylic acids is 2. The maximum Gasteiger partial charge on any atom is 0.282 e. The maximum atomic E-state index is 12.3. The van der Waals surface area contributed by atoms with Gasteiger partial charge in [0.1, 0.15) is 6.54 Å². The lowest BCUT2D eigenvalue weighted by Crippen LogP contribution is -2.33. The third kappa shape index (κ3) is 3.83. The minimum atomic E-state index is -0.120. The standard InChI is InChI=1S/C17H24N2O2S/c1-11(2)13-6-5-7-14(12(3)4)16(13)18-15(20)10-19-8-9-22-17(19)21/h5-7,11-12H,8-10H2,1-4H3,(H,18,20). The van der Waals surface area contributed by atoms with Crippen molar-refractivity contribution >= 4 is 28.6 Å². The van der Waals surface area contributed by atoms with E-state index in [-0.39, 0.29) is 17.7 Å². The number of para-hydroxylation sites is 1. The molecule has 5 heteroatoms. The van der Waals surface area contributed by atoms with E-state index < -0.39 is 0 Å². The molecule has 4 nitrogen and oxygen atoms in total. The molecule has 0 unspecified atom stereocenters. The Morgan fingerprint density at radius 3 is 2.27 bits per heavy atom. The third-order valence-corrected chi connectivity index (χ3v) is 4.71. The second-order valence-corrected chi connectivity index (χ2v) is 7.25. The first-order chi connectivity index (χ1) is 10.4. The molecular formula is C17H24N2O2S. The number of anilines is 1. The van der Waals surface area contributed by atoms with Gasteiger partial charge >= 0.3 is 0 Å². The van der Waals surface area contributed by atoms with Gasteiger partial charge in [0.15, 0.2) is 0 Å². The highest BCUT2D eigenvalue weighted by atomic mass is 32.2. The lowest BCUT2D eigenvalue weighted by atomic mass is 9.92. The van der Waals surface area contributed by atoms with Crippen LogP contribution in [0.15, 0.2) is 18.2 Å². The van der Waals surface area contributed by atoms with Crippen LogP contribution in [0.3, 0.4) is 0 Å². The van der Waals surface area contributed by atoms with Gasteiger partial charge in [-0.05, 0) is 23.0 Å². The summed E-state index contributed by atoms with van der Waals surface area (Å²) < 4.78 is 0. The summed E-state index contributed by atoms with van der Waals surface area (Å²) in [6, 6.07) is 6.16. The van der Waals surface area contributed by atoms with E-state index in [1.54, 1.807) is 4.90 Å².